The van der Waals surface area contributed by atoms with Crippen LogP contribution in [0.4, 0.5) is 4.39 Å². The summed E-state index contributed by atoms with van der Waals surface area (Å²) in [4.78, 5) is 25.3. The Labute approximate surface area is 134 Å². The van der Waals surface area contributed by atoms with E-state index in [4.69, 9.17) is 4.74 Å². The largest absolute Gasteiger partial charge is 0.361 e. The summed E-state index contributed by atoms with van der Waals surface area (Å²) < 4.78 is 18.5. The summed E-state index contributed by atoms with van der Waals surface area (Å²) >= 11 is 0. The summed E-state index contributed by atoms with van der Waals surface area (Å²) in [6.07, 6.45) is 2.74. The molecule has 2 aliphatic heterocycles. The van der Waals surface area contributed by atoms with Crippen LogP contribution in [0.25, 0.3) is 0 Å². The Bertz CT molecular complexity index is 578. The van der Waals surface area contributed by atoms with Gasteiger partial charge in [-0.05, 0) is 37.0 Å². The molecule has 2 aliphatic rings. The zero-order valence-electron chi connectivity index (χ0n) is 13.0. The fraction of sp³-hybridized carbons (Fsp3) is 0.529. The van der Waals surface area contributed by atoms with Gasteiger partial charge in [0.15, 0.2) is 0 Å². The number of halogens is 1. The highest BCUT2D eigenvalue weighted by atomic mass is 19.1. The number of carbonyl (C=O) groups excluding carboxylic acids is 2. The van der Waals surface area contributed by atoms with Gasteiger partial charge in [-0.25, -0.2) is 4.39 Å². The molecule has 2 fully saturated rings. The maximum atomic E-state index is 12.8. The summed E-state index contributed by atoms with van der Waals surface area (Å²) in [7, 11) is 0. The van der Waals surface area contributed by atoms with Crippen LogP contribution in [-0.2, 0) is 20.7 Å². The van der Waals surface area contributed by atoms with Crippen LogP contribution in [0.5, 0.6) is 0 Å². The molecule has 1 unspecified atom stereocenters. The highest BCUT2D eigenvalue weighted by Gasteiger charge is 2.43. The first-order chi connectivity index (χ1) is 11.1. The number of ether oxygens (including phenoxy) is 1. The minimum Gasteiger partial charge on any atom is -0.361 e. The first kappa shape index (κ1) is 15.9. The normalized spacial score (nSPS) is 24.0. The van der Waals surface area contributed by atoms with Gasteiger partial charge in [0.2, 0.25) is 11.8 Å². The lowest BCUT2D eigenvalue weighted by Gasteiger charge is -2.33. The molecular weight excluding hydrogens is 299 g/mol. The van der Waals surface area contributed by atoms with Gasteiger partial charge in [-0.1, -0.05) is 12.1 Å². The van der Waals surface area contributed by atoms with Crippen molar-refractivity contribution in [1.82, 2.24) is 10.2 Å². The molecule has 1 spiro atoms. The lowest BCUT2D eigenvalue weighted by molar-refractivity contribution is -0.143. The third kappa shape index (κ3) is 3.88. The Morgan fingerprint density at radius 3 is 2.83 bits per heavy atom. The molecule has 0 radical (unpaired) electrons. The van der Waals surface area contributed by atoms with E-state index in [-0.39, 0.29) is 24.2 Å². The van der Waals surface area contributed by atoms with Gasteiger partial charge >= 0.3 is 0 Å². The van der Waals surface area contributed by atoms with E-state index in [1.165, 1.54) is 12.1 Å². The molecular formula is C17H21FN2O3. The Morgan fingerprint density at radius 1 is 1.35 bits per heavy atom. The Morgan fingerprint density at radius 2 is 2.13 bits per heavy atom. The molecule has 2 heterocycles. The molecule has 6 heteroatoms. The molecule has 1 aromatic carbocycles. The number of aryl methyl sites for hydroxylation is 1. The topological polar surface area (TPSA) is 58.6 Å². The fourth-order valence-electron chi connectivity index (χ4n) is 3.15. The van der Waals surface area contributed by atoms with E-state index < -0.39 is 5.60 Å². The third-order valence-electron chi connectivity index (χ3n) is 4.56. The number of rotatable bonds is 4. The highest BCUT2D eigenvalue weighted by Crippen LogP contribution is 2.27. The molecule has 3 rings (SSSR count). The Balaban J connectivity index is 1.44. The zero-order valence-corrected chi connectivity index (χ0v) is 13.0. The molecule has 124 valence electrons. The van der Waals surface area contributed by atoms with Gasteiger partial charge in [-0.3, -0.25) is 9.59 Å². The van der Waals surface area contributed by atoms with Crippen LogP contribution < -0.4 is 5.32 Å². The molecule has 5 nitrogen and oxygen atoms in total. The SMILES string of the molecule is O=C1COC2(CCN(C(=O)CCCc3ccc(F)cc3)C2)CN1. The minimum absolute atomic E-state index is 0.0760. The number of hydrogen-bond acceptors (Lipinski definition) is 3. The van der Waals surface area contributed by atoms with Gasteiger partial charge in [0.25, 0.3) is 0 Å². The van der Waals surface area contributed by atoms with Crippen molar-refractivity contribution >= 4 is 11.8 Å². The first-order valence-corrected chi connectivity index (χ1v) is 7.99. The standard InChI is InChI=1S/C17H21FN2O3/c18-14-6-4-13(5-7-14)2-1-3-16(22)20-9-8-17(12-20)11-19-15(21)10-23-17/h4-7H,1-3,8-12H2,(H,19,21). The van der Waals surface area contributed by atoms with Crippen molar-refractivity contribution in [3.05, 3.63) is 35.6 Å². The van der Waals surface area contributed by atoms with Crippen LogP contribution in [0.1, 0.15) is 24.8 Å². The monoisotopic (exact) mass is 320 g/mol. The van der Waals surface area contributed by atoms with E-state index in [0.717, 1.165) is 24.8 Å². The molecule has 23 heavy (non-hydrogen) atoms. The summed E-state index contributed by atoms with van der Waals surface area (Å²) in [6.45, 7) is 1.77. The van der Waals surface area contributed by atoms with Crippen LogP contribution in [0.3, 0.4) is 0 Å². The van der Waals surface area contributed by atoms with Crippen molar-refractivity contribution < 1.29 is 18.7 Å². The molecule has 0 aromatic heterocycles. The van der Waals surface area contributed by atoms with Crippen LogP contribution in [-0.4, -0.2) is 48.6 Å². The molecule has 0 aliphatic carbocycles. The summed E-state index contributed by atoms with van der Waals surface area (Å²) in [6, 6.07) is 6.39. The van der Waals surface area contributed by atoms with Gasteiger partial charge in [0.1, 0.15) is 18.0 Å². The number of likely N-dealkylation sites (tertiary alicyclic amines) is 1. The molecule has 0 bridgehead atoms. The Hall–Kier alpha value is -1.95. The second-order valence-corrected chi connectivity index (χ2v) is 6.29. The van der Waals surface area contributed by atoms with Crippen molar-refractivity contribution in [2.75, 3.05) is 26.2 Å². The van der Waals surface area contributed by atoms with Crippen molar-refractivity contribution in [3.8, 4) is 0 Å². The van der Waals surface area contributed by atoms with E-state index in [1.807, 2.05) is 4.90 Å². The fourth-order valence-corrected chi connectivity index (χ4v) is 3.15. The van der Waals surface area contributed by atoms with E-state index >= 15 is 0 Å². The average Bonchev–Trinajstić information content (AvgIpc) is 2.97. The molecule has 2 saturated heterocycles. The van der Waals surface area contributed by atoms with Crippen molar-refractivity contribution in [3.63, 3.8) is 0 Å². The maximum Gasteiger partial charge on any atom is 0.246 e. The van der Waals surface area contributed by atoms with E-state index in [1.54, 1.807) is 12.1 Å². The Kier molecular flexibility index (Phi) is 4.61. The average molecular weight is 320 g/mol. The van der Waals surface area contributed by atoms with Gasteiger partial charge in [-0.15, -0.1) is 0 Å². The number of nitrogens with zero attached hydrogens (tertiary/aromatic N) is 1. The van der Waals surface area contributed by atoms with Crippen molar-refractivity contribution in [2.45, 2.75) is 31.3 Å². The predicted molar refractivity (Wildman–Crippen MR) is 82.2 cm³/mol. The molecule has 1 aromatic rings. The lowest BCUT2D eigenvalue weighted by atomic mass is 10.0. The number of nitrogens with one attached hydrogen (secondary N) is 1. The first-order valence-electron chi connectivity index (χ1n) is 7.99. The number of benzene rings is 1. The van der Waals surface area contributed by atoms with Gasteiger partial charge in [0.05, 0.1) is 6.54 Å². The number of hydrogen-bond donors (Lipinski definition) is 1. The summed E-state index contributed by atoms with van der Waals surface area (Å²) in [5.74, 6) is -0.226. The van der Waals surface area contributed by atoms with Crippen molar-refractivity contribution in [2.24, 2.45) is 0 Å². The quantitative estimate of drug-likeness (QED) is 0.909. The van der Waals surface area contributed by atoms with Crippen molar-refractivity contribution in [1.29, 1.82) is 0 Å². The second kappa shape index (κ2) is 6.66. The van der Waals surface area contributed by atoms with E-state index in [9.17, 15) is 14.0 Å². The minimum atomic E-state index is -0.402. The third-order valence-corrected chi connectivity index (χ3v) is 4.56. The predicted octanol–water partition coefficient (Wildman–Crippen LogP) is 1.27. The molecule has 2 amide bonds. The van der Waals surface area contributed by atoms with Crippen LogP contribution in [0.15, 0.2) is 24.3 Å². The van der Waals surface area contributed by atoms with Crippen LogP contribution in [0.2, 0.25) is 0 Å². The number of carbonyl (C=O) groups is 2. The molecule has 1 N–H and O–H groups in total. The van der Waals surface area contributed by atoms with E-state index in [0.29, 0.717) is 26.1 Å². The molecule has 1 atom stereocenters. The van der Waals surface area contributed by atoms with Gasteiger partial charge in [-0.2, -0.15) is 0 Å². The molecule has 0 saturated carbocycles. The van der Waals surface area contributed by atoms with Gasteiger partial charge in [0, 0.05) is 19.5 Å². The van der Waals surface area contributed by atoms with Crippen LogP contribution in [0, 0.1) is 5.82 Å². The number of amides is 2. The lowest BCUT2D eigenvalue weighted by Crippen LogP contribution is -2.54. The smallest absolute Gasteiger partial charge is 0.246 e. The second-order valence-electron chi connectivity index (χ2n) is 6.29. The summed E-state index contributed by atoms with van der Waals surface area (Å²) in [5.41, 5.74) is 0.635. The van der Waals surface area contributed by atoms with Gasteiger partial charge < -0.3 is 15.0 Å². The van der Waals surface area contributed by atoms with Crippen LogP contribution >= 0.6 is 0 Å². The van der Waals surface area contributed by atoms with E-state index in [2.05, 4.69) is 5.32 Å². The zero-order chi connectivity index (χ0) is 16.3. The highest BCUT2D eigenvalue weighted by molar-refractivity contribution is 5.79. The maximum absolute atomic E-state index is 12.8. The summed E-state index contributed by atoms with van der Waals surface area (Å²) in [5, 5.41) is 2.81. The number of morpholine rings is 1.